The molecule has 162 valence electrons. The molecule has 2 aromatic heterocycles. The third-order valence-electron chi connectivity index (χ3n) is 6.51. The number of nitrogens with one attached hydrogen (secondary N) is 3. The largest absolute Gasteiger partial charge is 0.381 e. The van der Waals surface area contributed by atoms with Gasteiger partial charge in [-0.1, -0.05) is 0 Å². The zero-order valence-corrected chi connectivity index (χ0v) is 17.3. The first-order valence-electron chi connectivity index (χ1n) is 10.9. The SMILES string of the molecule is NC(=O)c1cnc(Nc2ccc(N3C(=O)[C@@H]4CC[C@H]3C4)cn2)cc1NC1CCNCC1. The van der Waals surface area contributed by atoms with E-state index in [9.17, 15) is 9.59 Å². The van der Waals surface area contributed by atoms with Crippen LogP contribution in [0.4, 0.5) is 23.0 Å². The summed E-state index contributed by atoms with van der Waals surface area (Å²) in [7, 11) is 0. The predicted octanol–water partition coefficient (Wildman–Crippen LogP) is 2.00. The molecule has 2 aliphatic heterocycles. The van der Waals surface area contributed by atoms with Crippen molar-refractivity contribution in [3.8, 4) is 0 Å². The van der Waals surface area contributed by atoms with Crippen molar-refractivity contribution in [1.29, 1.82) is 0 Å². The standard InChI is InChI=1S/C22H27N7O2/c23-21(30)17-12-26-20(10-18(17)27-14-5-7-24-8-6-14)28-19-4-3-16(11-25-19)29-15-2-1-13(9-15)22(29)31/h3-4,10-15,24H,1-2,5-9H2,(H2,23,30)(H2,25,26,27,28)/t13-,15+/m1/s1. The zero-order valence-electron chi connectivity index (χ0n) is 17.3. The lowest BCUT2D eigenvalue weighted by molar-refractivity contribution is -0.121. The van der Waals surface area contributed by atoms with Gasteiger partial charge in [-0.05, 0) is 57.3 Å². The van der Waals surface area contributed by atoms with Crippen LogP contribution < -0.4 is 26.6 Å². The van der Waals surface area contributed by atoms with Gasteiger partial charge in [0.25, 0.3) is 5.91 Å². The molecule has 0 radical (unpaired) electrons. The predicted molar refractivity (Wildman–Crippen MR) is 118 cm³/mol. The van der Waals surface area contributed by atoms with Gasteiger partial charge in [-0.15, -0.1) is 0 Å². The first-order chi connectivity index (χ1) is 15.1. The van der Waals surface area contributed by atoms with Crippen LogP contribution in [-0.4, -0.2) is 47.0 Å². The van der Waals surface area contributed by atoms with Gasteiger partial charge < -0.3 is 26.6 Å². The highest BCUT2D eigenvalue weighted by molar-refractivity contribution is 5.99. The zero-order chi connectivity index (χ0) is 21.4. The average molecular weight is 422 g/mol. The fraction of sp³-hybridized carbons (Fsp3) is 0.455. The minimum atomic E-state index is -0.512. The number of piperidine rings is 2. The number of anilines is 4. The Morgan fingerprint density at radius 1 is 1.10 bits per heavy atom. The minimum Gasteiger partial charge on any atom is -0.381 e. The number of aromatic nitrogens is 2. The molecule has 9 nitrogen and oxygen atoms in total. The van der Waals surface area contributed by atoms with Crippen molar-refractivity contribution in [2.24, 2.45) is 11.7 Å². The van der Waals surface area contributed by atoms with E-state index < -0.39 is 5.91 Å². The van der Waals surface area contributed by atoms with Crippen molar-refractivity contribution in [1.82, 2.24) is 15.3 Å². The maximum Gasteiger partial charge on any atom is 0.252 e. The van der Waals surface area contributed by atoms with Crippen molar-refractivity contribution < 1.29 is 9.59 Å². The van der Waals surface area contributed by atoms with Gasteiger partial charge in [-0.3, -0.25) is 9.59 Å². The second-order valence-corrected chi connectivity index (χ2v) is 8.55. The van der Waals surface area contributed by atoms with E-state index in [1.165, 1.54) is 6.20 Å². The van der Waals surface area contributed by atoms with Crippen LogP contribution >= 0.6 is 0 Å². The summed E-state index contributed by atoms with van der Waals surface area (Å²) in [6.45, 7) is 1.88. The molecule has 1 aliphatic carbocycles. The second-order valence-electron chi connectivity index (χ2n) is 8.55. The molecule has 5 rings (SSSR count). The molecule has 5 N–H and O–H groups in total. The Morgan fingerprint density at radius 2 is 1.90 bits per heavy atom. The number of pyridine rings is 2. The lowest BCUT2D eigenvalue weighted by Gasteiger charge is -2.27. The van der Waals surface area contributed by atoms with Gasteiger partial charge in [-0.25, -0.2) is 9.97 Å². The van der Waals surface area contributed by atoms with Crippen LogP contribution in [0.15, 0.2) is 30.6 Å². The molecule has 2 amide bonds. The maximum atomic E-state index is 12.5. The fourth-order valence-electron chi connectivity index (χ4n) is 4.89. The highest BCUT2D eigenvalue weighted by Gasteiger charge is 2.45. The molecule has 0 aromatic carbocycles. The first-order valence-corrected chi connectivity index (χ1v) is 10.9. The molecule has 3 fully saturated rings. The Kier molecular flexibility index (Phi) is 5.19. The molecular formula is C22H27N7O2. The van der Waals surface area contributed by atoms with E-state index in [1.54, 1.807) is 12.3 Å². The van der Waals surface area contributed by atoms with Crippen LogP contribution in [0.25, 0.3) is 0 Å². The van der Waals surface area contributed by atoms with E-state index in [2.05, 4.69) is 25.9 Å². The molecule has 1 saturated carbocycles. The van der Waals surface area contributed by atoms with Crippen LogP contribution in [0.5, 0.6) is 0 Å². The van der Waals surface area contributed by atoms with E-state index in [0.717, 1.165) is 50.9 Å². The summed E-state index contributed by atoms with van der Waals surface area (Å²) in [4.78, 5) is 35.0. The van der Waals surface area contributed by atoms with E-state index in [4.69, 9.17) is 5.73 Å². The van der Waals surface area contributed by atoms with E-state index in [-0.39, 0.29) is 17.9 Å². The van der Waals surface area contributed by atoms with Crippen LogP contribution in [-0.2, 0) is 4.79 Å². The Balaban J connectivity index is 1.31. The van der Waals surface area contributed by atoms with Crippen molar-refractivity contribution >= 4 is 34.8 Å². The fourth-order valence-corrected chi connectivity index (χ4v) is 4.89. The Morgan fingerprint density at radius 3 is 2.58 bits per heavy atom. The van der Waals surface area contributed by atoms with Gasteiger partial charge in [0, 0.05) is 30.3 Å². The van der Waals surface area contributed by atoms with Gasteiger partial charge in [-0.2, -0.15) is 0 Å². The van der Waals surface area contributed by atoms with Gasteiger partial charge in [0.1, 0.15) is 11.6 Å². The number of fused-ring (bicyclic) bond motifs is 2. The molecule has 2 saturated heterocycles. The lowest BCUT2D eigenvalue weighted by Crippen LogP contribution is -2.36. The quantitative estimate of drug-likeness (QED) is 0.562. The van der Waals surface area contributed by atoms with E-state index >= 15 is 0 Å². The summed E-state index contributed by atoms with van der Waals surface area (Å²) in [6.07, 6.45) is 8.21. The Labute approximate surface area is 180 Å². The third-order valence-corrected chi connectivity index (χ3v) is 6.51. The highest BCUT2D eigenvalue weighted by atomic mass is 16.2. The van der Waals surface area contributed by atoms with Crippen molar-refractivity contribution in [3.05, 3.63) is 36.2 Å². The number of primary amides is 1. The van der Waals surface area contributed by atoms with Gasteiger partial charge >= 0.3 is 0 Å². The van der Waals surface area contributed by atoms with Gasteiger partial charge in [0.2, 0.25) is 5.91 Å². The van der Waals surface area contributed by atoms with Crippen LogP contribution in [0.3, 0.4) is 0 Å². The summed E-state index contributed by atoms with van der Waals surface area (Å²) in [5.74, 6) is 1.07. The number of hydrogen-bond acceptors (Lipinski definition) is 7. The summed E-state index contributed by atoms with van der Waals surface area (Å²) >= 11 is 0. The lowest BCUT2D eigenvalue weighted by atomic mass is 10.1. The molecular weight excluding hydrogens is 394 g/mol. The normalized spacial score (nSPS) is 23.2. The van der Waals surface area contributed by atoms with Crippen LogP contribution in [0, 0.1) is 5.92 Å². The topological polar surface area (TPSA) is 125 Å². The summed E-state index contributed by atoms with van der Waals surface area (Å²) < 4.78 is 0. The van der Waals surface area contributed by atoms with Crippen molar-refractivity contribution in [3.63, 3.8) is 0 Å². The van der Waals surface area contributed by atoms with Crippen molar-refractivity contribution in [2.45, 2.75) is 44.2 Å². The monoisotopic (exact) mass is 421 g/mol. The highest BCUT2D eigenvalue weighted by Crippen LogP contribution is 2.41. The number of nitrogens with zero attached hydrogens (tertiary/aromatic N) is 3. The molecule has 31 heavy (non-hydrogen) atoms. The van der Waals surface area contributed by atoms with E-state index in [1.807, 2.05) is 17.0 Å². The molecule has 2 aromatic rings. The number of nitrogens with two attached hydrogens (primary N) is 1. The number of rotatable bonds is 6. The second kappa shape index (κ2) is 8.14. The Hall–Kier alpha value is -3.20. The van der Waals surface area contributed by atoms with Crippen LogP contribution in [0.2, 0.25) is 0 Å². The van der Waals surface area contributed by atoms with Crippen LogP contribution in [0.1, 0.15) is 42.5 Å². The van der Waals surface area contributed by atoms with Gasteiger partial charge in [0.15, 0.2) is 0 Å². The summed E-state index contributed by atoms with van der Waals surface area (Å²) in [6, 6.07) is 6.14. The average Bonchev–Trinajstić information content (AvgIpc) is 3.37. The number of amides is 2. The number of carbonyl (C=O) groups excluding carboxylic acids is 2. The molecule has 0 unspecified atom stereocenters. The summed E-state index contributed by atoms with van der Waals surface area (Å²) in [5.41, 5.74) is 7.42. The van der Waals surface area contributed by atoms with E-state index in [0.29, 0.717) is 28.9 Å². The van der Waals surface area contributed by atoms with Gasteiger partial charge in [0.05, 0.1) is 23.1 Å². The maximum absolute atomic E-state index is 12.5. The third kappa shape index (κ3) is 3.93. The smallest absolute Gasteiger partial charge is 0.252 e. The van der Waals surface area contributed by atoms with Crippen molar-refractivity contribution in [2.75, 3.05) is 28.6 Å². The molecule has 4 heterocycles. The Bertz CT molecular complexity index is 988. The molecule has 0 spiro atoms. The minimum absolute atomic E-state index is 0.182. The molecule has 9 heteroatoms. The summed E-state index contributed by atoms with van der Waals surface area (Å²) in [5, 5.41) is 9.95. The first kappa shape index (κ1) is 19.7. The molecule has 2 atom stereocenters. The molecule has 2 bridgehead atoms. The number of hydrogen-bond donors (Lipinski definition) is 4. The molecule has 3 aliphatic rings. The number of carbonyl (C=O) groups is 2.